The van der Waals surface area contributed by atoms with Crippen LogP contribution in [-0.4, -0.2) is 39.4 Å². The van der Waals surface area contributed by atoms with Crippen molar-refractivity contribution >= 4 is 21.5 Å². The van der Waals surface area contributed by atoms with Crippen LogP contribution in [0.5, 0.6) is 0 Å². The normalized spacial score (nSPS) is 13.8. The Kier molecular flexibility index (Phi) is 7.68. The molecule has 20 heavy (non-hydrogen) atoms. The minimum absolute atomic E-state index is 0.202. The van der Waals surface area contributed by atoms with Gasteiger partial charge in [-0.2, -0.15) is 28.8 Å². The molecule has 1 rings (SSSR count). The van der Waals surface area contributed by atoms with E-state index in [0.717, 1.165) is 31.5 Å². The Labute approximate surface area is 126 Å². The van der Waals surface area contributed by atoms with Gasteiger partial charge in [0.25, 0.3) is 10.2 Å². The zero-order valence-electron chi connectivity index (χ0n) is 12.4. The Morgan fingerprint density at radius 2 is 2.15 bits per heavy atom. The molecule has 1 atom stereocenters. The summed E-state index contributed by atoms with van der Waals surface area (Å²) in [5, 5.41) is 7.17. The highest BCUT2D eigenvalue weighted by Crippen LogP contribution is 2.16. The maximum absolute atomic E-state index is 12.2. The van der Waals surface area contributed by atoms with Crippen LogP contribution in [0.15, 0.2) is 16.8 Å². The summed E-state index contributed by atoms with van der Waals surface area (Å²) in [4.78, 5) is 0. The van der Waals surface area contributed by atoms with Gasteiger partial charge in [0.05, 0.1) is 0 Å². The molecule has 7 heteroatoms. The number of nitrogens with one attached hydrogen (secondary N) is 2. The molecule has 0 spiro atoms. The Morgan fingerprint density at radius 1 is 1.40 bits per heavy atom. The quantitative estimate of drug-likeness (QED) is 0.648. The molecule has 1 heterocycles. The maximum Gasteiger partial charge on any atom is 0.279 e. The standard InChI is InChI=1S/C13H25N3O2S2/c1-4-7-14-8-5-9-16(3)20(17,18)15-12(2)13-6-10-19-11-13/h6,10-12,14-15H,4-5,7-9H2,1-3H3. The van der Waals surface area contributed by atoms with Crippen LogP contribution in [0, 0.1) is 0 Å². The van der Waals surface area contributed by atoms with Crippen molar-refractivity contribution in [3.63, 3.8) is 0 Å². The smallest absolute Gasteiger partial charge is 0.279 e. The highest BCUT2D eigenvalue weighted by Gasteiger charge is 2.20. The summed E-state index contributed by atoms with van der Waals surface area (Å²) < 4.78 is 28.4. The van der Waals surface area contributed by atoms with Crippen LogP contribution >= 0.6 is 11.3 Å². The lowest BCUT2D eigenvalue weighted by molar-refractivity contribution is 0.438. The minimum atomic E-state index is -3.42. The van der Waals surface area contributed by atoms with E-state index in [1.54, 1.807) is 18.4 Å². The Bertz CT molecular complexity index is 460. The van der Waals surface area contributed by atoms with Gasteiger partial charge < -0.3 is 5.32 Å². The van der Waals surface area contributed by atoms with Crippen LogP contribution < -0.4 is 10.0 Å². The van der Waals surface area contributed by atoms with E-state index < -0.39 is 10.2 Å². The van der Waals surface area contributed by atoms with E-state index in [-0.39, 0.29) is 6.04 Å². The third kappa shape index (κ3) is 5.88. The highest BCUT2D eigenvalue weighted by atomic mass is 32.2. The Hall–Kier alpha value is -0.470. The van der Waals surface area contributed by atoms with Crippen LogP contribution in [0.1, 0.15) is 38.3 Å². The summed E-state index contributed by atoms with van der Waals surface area (Å²) in [6.07, 6.45) is 1.90. The van der Waals surface area contributed by atoms with E-state index in [1.807, 2.05) is 23.8 Å². The van der Waals surface area contributed by atoms with E-state index in [4.69, 9.17) is 0 Å². The van der Waals surface area contributed by atoms with Crippen LogP contribution in [0.4, 0.5) is 0 Å². The van der Waals surface area contributed by atoms with Crippen LogP contribution in [0.2, 0.25) is 0 Å². The topological polar surface area (TPSA) is 61.4 Å². The van der Waals surface area contributed by atoms with E-state index in [0.29, 0.717) is 6.54 Å². The summed E-state index contributed by atoms with van der Waals surface area (Å²) in [6, 6.07) is 1.74. The summed E-state index contributed by atoms with van der Waals surface area (Å²) in [6.45, 7) is 6.30. The molecule has 0 aromatic carbocycles. The SMILES string of the molecule is CCCNCCCN(C)S(=O)(=O)NC(C)c1ccsc1. The largest absolute Gasteiger partial charge is 0.317 e. The van der Waals surface area contributed by atoms with Gasteiger partial charge in [-0.25, -0.2) is 0 Å². The van der Waals surface area contributed by atoms with Crippen LogP contribution in [0.25, 0.3) is 0 Å². The third-order valence-corrected chi connectivity index (χ3v) is 5.39. The van der Waals surface area contributed by atoms with E-state index in [2.05, 4.69) is 17.0 Å². The van der Waals surface area contributed by atoms with Crippen molar-refractivity contribution in [1.29, 1.82) is 0 Å². The summed E-state index contributed by atoms with van der Waals surface area (Å²) in [5.74, 6) is 0. The molecule has 1 aromatic heterocycles. The van der Waals surface area contributed by atoms with Gasteiger partial charge in [-0.3, -0.25) is 0 Å². The predicted octanol–water partition coefficient (Wildman–Crippen LogP) is 1.96. The van der Waals surface area contributed by atoms with Gasteiger partial charge in [-0.1, -0.05) is 6.92 Å². The van der Waals surface area contributed by atoms with Gasteiger partial charge in [0, 0.05) is 19.6 Å². The van der Waals surface area contributed by atoms with Crippen molar-refractivity contribution in [1.82, 2.24) is 14.3 Å². The molecular weight excluding hydrogens is 294 g/mol. The molecule has 5 nitrogen and oxygen atoms in total. The molecule has 0 aliphatic carbocycles. The molecule has 0 saturated carbocycles. The van der Waals surface area contributed by atoms with Crippen molar-refractivity contribution in [2.45, 2.75) is 32.7 Å². The van der Waals surface area contributed by atoms with E-state index in [9.17, 15) is 8.42 Å². The Balaban J connectivity index is 2.39. The lowest BCUT2D eigenvalue weighted by Crippen LogP contribution is -2.40. The fraction of sp³-hybridized carbons (Fsp3) is 0.692. The summed E-state index contributed by atoms with van der Waals surface area (Å²) >= 11 is 1.57. The zero-order chi connectivity index (χ0) is 15.0. The monoisotopic (exact) mass is 319 g/mol. The van der Waals surface area contributed by atoms with E-state index >= 15 is 0 Å². The number of hydrogen-bond donors (Lipinski definition) is 2. The lowest BCUT2D eigenvalue weighted by Gasteiger charge is -2.20. The summed E-state index contributed by atoms with van der Waals surface area (Å²) in [7, 11) is -1.80. The summed E-state index contributed by atoms with van der Waals surface area (Å²) in [5.41, 5.74) is 0.997. The average molecular weight is 319 g/mol. The second-order valence-corrected chi connectivity index (χ2v) is 7.42. The molecule has 0 fully saturated rings. The van der Waals surface area contributed by atoms with Gasteiger partial charge in [0.15, 0.2) is 0 Å². The van der Waals surface area contributed by atoms with Gasteiger partial charge >= 0.3 is 0 Å². The van der Waals surface area contributed by atoms with Crippen LogP contribution in [0.3, 0.4) is 0 Å². The molecular formula is C13H25N3O2S2. The first-order valence-corrected chi connectivity index (χ1v) is 9.32. The van der Waals surface area contributed by atoms with Crippen molar-refractivity contribution in [2.75, 3.05) is 26.7 Å². The first-order valence-electron chi connectivity index (χ1n) is 6.93. The highest BCUT2D eigenvalue weighted by molar-refractivity contribution is 7.87. The fourth-order valence-corrected chi connectivity index (χ4v) is 3.64. The van der Waals surface area contributed by atoms with Crippen LogP contribution in [-0.2, 0) is 10.2 Å². The fourth-order valence-electron chi connectivity index (χ4n) is 1.75. The van der Waals surface area contributed by atoms with Gasteiger partial charge in [0.1, 0.15) is 0 Å². The van der Waals surface area contributed by atoms with Gasteiger partial charge in [-0.05, 0) is 55.2 Å². The third-order valence-electron chi connectivity index (χ3n) is 3.03. The molecule has 1 unspecified atom stereocenters. The predicted molar refractivity (Wildman–Crippen MR) is 85.2 cm³/mol. The molecule has 0 amide bonds. The number of thiophene rings is 1. The second-order valence-electron chi connectivity index (χ2n) is 4.83. The molecule has 0 aliphatic heterocycles. The first-order chi connectivity index (χ1) is 9.47. The lowest BCUT2D eigenvalue weighted by atomic mass is 10.2. The van der Waals surface area contributed by atoms with Crippen molar-refractivity contribution in [2.24, 2.45) is 0 Å². The molecule has 0 radical (unpaired) electrons. The first kappa shape index (κ1) is 17.6. The second kappa shape index (κ2) is 8.74. The molecule has 0 saturated heterocycles. The molecule has 2 N–H and O–H groups in total. The zero-order valence-corrected chi connectivity index (χ0v) is 14.1. The van der Waals surface area contributed by atoms with Crippen molar-refractivity contribution < 1.29 is 8.42 Å². The Morgan fingerprint density at radius 3 is 2.75 bits per heavy atom. The molecule has 1 aromatic rings. The molecule has 0 aliphatic rings. The van der Waals surface area contributed by atoms with E-state index in [1.165, 1.54) is 4.31 Å². The molecule has 116 valence electrons. The maximum atomic E-state index is 12.2. The number of rotatable bonds is 10. The average Bonchev–Trinajstić information content (AvgIpc) is 2.91. The molecule has 0 bridgehead atoms. The number of nitrogens with zero attached hydrogens (tertiary/aromatic N) is 1. The number of hydrogen-bond acceptors (Lipinski definition) is 4. The van der Waals surface area contributed by atoms with Crippen molar-refractivity contribution in [3.8, 4) is 0 Å². The van der Waals surface area contributed by atoms with Crippen molar-refractivity contribution in [3.05, 3.63) is 22.4 Å². The minimum Gasteiger partial charge on any atom is -0.317 e. The van der Waals surface area contributed by atoms with Gasteiger partial charge in [0.2, 0.25) is 0 Å². The van der Waals surface area contributed by atoms with Gasteiger partial charge in [-0.15, -0.1) is 0 Å².